The molecule has 0 saturated carbocycles. The second kappa shape index (κ2) is 9.22. The summed E-state index contributed by atoms with van der Waals surface area (Å²) in [5, 5.41) is 7.36. The summed E-state index contributed by atoms with van der Waals surface area (Å²) in [5.41, 5.74) is 2.12. The number of nitrogens with one attached hydrogen (secondary N) is 3. The van der Waals surface area contributed by atoms with Crippen LogP contribution in [0.3, 0.4) is 0 Å². The van der Waals surface area contributed by atoms with E-state index in [4.69, 9.17) is 4.74 Å². The molecule has 0 aliphatic rings. The quantitative estimate of drug-likeness (QED) is 0.691. The predicted octanol–water partition coefficient (Wildman–Crippen LogP) is 2.09. The highest BCUT2D eigenvalue weighted by Crippen LogP contribution is 2.15. The number of ether oxygens (including phenoxy) is 1. The fourth-order valence-corrected chi connectivity index (χ4v) is 2.07. The molecule has 0 fully saturated rings. The first-order valence-electron chi connectivity index (χ1n) is 8.16. The van der Waals surface area contributed by atoms with E-state index in [1.807, 2.05) is 26.0 Å². The molecule has 0 radical (unpaired) electrons. The summed E-state index contributed by atoms with van der Waals surface area (Å²) >= 11 is 0. The van der Waals surface area contributed by atoms with Gasteiger partial charge in [0.05, 0.1) is 13.2 Å². The van der Waals surface area contributed by atoms with Gasteiger partial charge in [-0.1, -0.05) is 17.7 Å². The monoisotopic (exact) mass is 355 g/mol. The number of hydrogen-bond donors (Lipinski definition) is 3. The number of hydrogen-bond acceptors (Lipinski definition) is 4. The molecule has 2 rings (SSSR count). The van der Waals surface area contributed by atoms with E-state index in [2.05, 4.69) is 16.0 Å². The number of anilines is 2. The summed E-state index contributed by atoms with van der Waals surface area (Å²) in [4.78, 5) is 35.4. The van der Waals surface area contributed by atoms with Crippen molar-refractivity contribution >= 4 is 29.1 Å². The predicted molar refractivity (Wildman–Crippen MR) is 99.1 cm³/mol. The van der Waals surface area contributed by atoms with E-state index in [0.29, 0.717) is 23.7 Å². The largest absolute Gasteiger partial charge is 0.494 e. The van der Waals surface area contributed by atoms with Gasteiger partial charge in [0.2, 0.25) is 5.91 Å². The lowest BCUT2D eigenvalue weighted by Crippen LogP contribution is -2.39. The Morgan fingerprint density at radius 2 is 1.42 bits per heavy atom. The number of carbonyl (C=O) groups excluding carboxylic acids is 3. The van der Waals surface area contributed by atoms with E-state index >= 15 is 0 Å². The van der Waals surface area contributed by atoms with Crippen LogP contribution < -0.4 is 20.7 Å². The van der Waals surface area contributed by atoms with Gasteiger partial charge in [-0.2, -0.15) is 0 Å². The van der Waals surface area contributed by atoms with Crippen molar-refractivity contribution in [1.82, 2.24) is 5.32 Å². The first kappa shape index (κ1) is 19.0. The van der Waals surface area contributed by atoms with Crippen molar-refractivity contribution in [1.29, 1.82) is 0 Å². The second-order valence-electron chi connectivity index (χ2n) is 5.51. The molecule has 0 unspecified atom stereocenters. The van der Waals surface area contributed by atoms with Crippen LogP contribution in [0.1, 0.15) is 12.5 Å². The van der Waals surface area contributed by atoms with E-state index < -0.39 is 17.7 Å². The molecular weight excluding hydrogens is 334 g/mol. The van der Waals surface area contributed by atoms with Gasteiger partial charge in [-0.25, -0.2) is 0 Å². The molecule has 0 bridgehead atoms. The van der Waals surface area contributed by atoms with Gasteiger partial charge in [0.15, 0.2) is 0 Å². The summed E-state index contributed by atoms with van der Waals surface area (Å²) in [6.45, 7) is 4.05. The van der Waals surface area contributed by atoms with Crippen LogP contribution in [0.2, 0.25) is 0 Å². The minimum Gasteiger partial charge on any atom is -0.494 e. The number of benzene rings is 2. The fraction of sp³-hybridized carbons (Fsp3) is 0.211. The number of amides is 3. The Kier molecular flexibility index (Phi) is 6.73. The van der Waals surface area contributed by atoms with Crippen LogP contribution in [0.4, 0.5) is 11.4 Å². The van der Waals surface area contributed by atoms with E-state index in [1.165, 1.54) is 0 Å². The molecular formula is C19H21N3O4. The average molecular weight is 355 g/mol. The Bertz CT molecular complexity index is 770. The van der Waals surface area contributed by atoms with Gasteiger partial charge in [-0.05, 0) is 50.2 Å². The molecule has 0 atom stereocenters. The third-order valence-corrected chi connectivity index (χ3v) is 3.37. The molecule has 2 aromatic carbocycles. The molecule has 2 aromatic rings. The van der Waals surface area contributed by atoms with Crippen molar-refractivity contribution in [3.8, 4) is 5.75 Å². The zero-order valence-corrected chi connectivity index (χ0v) is 14.7. The Labute approximate surface area is 151 Å². The summed E-state index contributed by atoms with van der Waals surface area (Å²) in [5.74, 6) is -1.45. The van der Waals surface area contributed by atoms with Crippen molar-refractivity contribution in [3.05, 3.63) is 54.1 Å². The molecule has 26 heavy (non-hydrogen) atoms. The Morgan fingerprint density at radius 3 is 2.04 bits per heavy atom. The molecule has 0 heterocycles. The van der Waals surface area contributed by atoms with Crippen LogP contribution in [0.25, 0.3) is 0 Å². The molecule has 0 aromatic heterocycles. The van der Waals surface area contributed by atoms with Crippen LogP contribution in [-0.2, 0) is 14.4 Å². The number of rotatable bonds is 6. The van der Waals surface area contributed by atoms with E-state index in [9.17, 15) is 14.4 Å². The van der Waals surface area contributed by atoms with E-state index in [0.717, 1.165) is 5.56 Å². The molecule has 3 amide bonds. The van der Waals surface area contributed by atoms with Crippen molar-refractivity contribution in [2.24, 2.45) is 0 Å². The summed E-state index contributed by atoms with van der Waals surface area (Å²) in [6, 6.07) is 13.9. The van der Waals surface area contributed by atoms with Gasteiger partial charge in [0.25, 0.3) is 0 Å². The van der Waals surface area contributed by atoms with Gasteiger partial charge < -0.3 is 20.7 Å². The highest BCUT2D eigenvalue weighted by atomic mass is 16.5. The molecule has 7 heteroatoms. The van der Waals surface area contributed by atoms with Gasteiger partial charge in [-0.15, -0.1) is 0 Å². The molecule has 7 nitrogen and oxygen atoms in total. The fourth-order valence-electron chi connectivity index (χ4n) is 2.07. The molecule has 136 valence electrons. The maximum Gasteiger partial charge on any atom is 0.313 e. The maximum atomic E-state index is 11.9. The van der Waals surface area contributed by atoms with Crippen LogP contribution in [0.15, 0.2) is 48.5 Å². The van der Waals surface area contributed by atoms with Crippen molar-refractivity contribution < 1.29 is 19.1 Å². The summed E-state index contributed by atoms with van der Waals surface area (Å²) in [6.07, 6.45) is 0. The normalized spacial score (nSPS) is 9.92. The van der Waals surface area contributed by atoms with Crippen LogP contribution in [-0.4, -0.2) is 30.9 Å². The highest BCUT2D eigenvalue weighted by molar-refractivity contribution is 6.39. The molecule has 0 aliphatic carbocycles. The maximum absolute atomic E-state index is 11.9. The molecule has 3 N–H and O–H groups in total. The molecule has 0 aliphatic heterocycles. The molecule has 0 saturated heterocycles. The average Bonchev–Trinajstić information content (AvgIpc) is 2.63. The van der Waals surface area contributed by atoms with Crippen LogP contribution in [0.5, 0.6) is 5.75 Å². The Morgan fingerprint density at radius 1 is 0.846 bits per heavy atom. The standard InChI is InChI=1S/C19H21N3O4/c1-3-26-16-10-8-14(9-11-16)21-17(23)12-20-18(24)19(25)22-15-6-4-13(2)5-7-15/h4-11H,3,12H2,1-2H3,(H,20,24)(H,21,23)(H,22,25). The highest BCUT2D eigenvalue weighted by Gasteiger charge is 2.14. The topological polar surface area (TPSA) is 96.5 Å². The van der Waals surface area contributed by atoms with Gasteiger partial charge in [0.1, 0.15) is 5.75 Å². The third-order valence-electron chi connectivity index (χ3n) is 3.37. The minimum atomic E-state index is -0.882. The SMILES string of the molecule is CCOc1ccc(NC(=O)CNC(=O)C(=O)Nc2ccc(C)cc2)cc1. The zero-order valence-electron chi connectivity index (χ0n) is 14.7. The van der Waals surface area contributed by atoms with Crippen molar-refractivity contribution in [2.75, 3.05) is 23.8 Å². The minimum absolute atomic E-state index is 0.312. The lowest BCUT2D eigenvalue weighted by Gasteiger charge is -2.08. The van der Waals surface area contributed by atoms with Gasteiger partial charge in [0, 0.05) is 11.4 Å². The van der Waals surface area contributed by atoms with E-state index in [1.54, 1.807) is 36.4 Å². The molecule has 0 spiro atoms. The summed E-state index contributed by atoms with van der Waals surface area (Å²) in [7, 11) is 0. The lowest BCUT2D eigenvalue weighted by molar-refractivity contribution is -0.136. The smallest absolute Gasteiger partial charge is 0.313 e. The Hall–Kier alpha value is -3.35. The number of aryl methyl sites for hydroxylation is 1. The zero-order chi connectivity index (χ0) is 18.9. The van der Waals surface area contributed by atoms with Crippen molar-refractivity contribution in [3.63, 3.8) is 0 Å². The van der Waals surface area contributed by atoms with Gasteiger partial charge in [-0.3, -0.25) is 14.4 Å². The van der Waals surface area contributed by atoms with E-state index in [-0.39, 0.29) is 6.54 Å². The second-order valence-corrected chi connectivity index (χ2v) is 5.51. The first-order valence-corrected chi connectivity index (χ1v) is 8.16. The number of carbonyl (C=O) groups is 3. The lowest BCUT2D eigenvalue weighted by atomic mass is 10.2. The first-order chi connectivity index (χ1) is 12.5. The van der Waals surface area contributed by atoms with Gasteiger partial charge >= 0.3 is 11.8 Å². The van der Waals surface area contributed by atoms with Crippen LogP contribution >= 0.6 is 0 Å². The Balaban J connectivity index is 1.77. The van der Waals surface area contributed by atoms with Crippen LogP contribution in [0, 0.1) is 6.92 Å². The summed E-state index contributed by atoms with van der Waals surface area (Å²) < 4.78 is 5.31. The van der Waals surface area contributed by atoms with Crippen molar-refractivity contribution in [2.45, 2.75) is 13.8 Å². The third kappa shape index (κ3) is 5.94.